The zero-order valence-corrected chi connectivity index (χ0v) is 23.4. The molecule has 0 radical (unpaired) electrons. The van der Waals surface area contributed by atoms with Crippen molar-refractivity contribution in [1.29, 1.82) is 0 Å². The molecule has 0 aliphatic rings. The van der Waals surface area contributed by atoms with Gasteiger partial charge < -0.3 is 28.6 Å². The van der Waals surface area contributed by atoms with Gasteiger partial charge in [0.25, 0.3) is 0 Å². The van der Waals surface area contributed by atoms with Crippen LogP contribution in [0.2, 0.25) is 0 Å². The molecule has 0 amide bonds. The molecular formula is C28H51NO7. The summed E-state index contributed by atoms with van der Waals surface area (Å²) in [6.07, 6.45) is 17.1. The number of rotatable bonds is 23. The van der Waals surface area contributed by atoms with E-state index in [1.165, 1.54) is 45.4 Å². The summed E-state index contributed by atoms with van der Waals surface area (Å²) in [5.41, 5.74) is 0. The first kappa shape index (κ1) is 34.1. The Morgan fingerprint density at radius 1 is 0.861 bits per heavy atom. The highest BCUT2D eigenvalue weighted by molar-refractivity contribution is 5.70. The lowest BCUT2D eigenvalue weighted by molar-refractivity contribution is -0.889. The molecule has 0 N–H and O–H groups in total. The Morgan fingerprint density at radius 2 is 1.44 bits per heavy atom. The Morgan fingerprint density at radius 3 is 2.00 bits per heavy atom. The van der Waals surface area contributed by atoms with E-state index in [9.17, 15) is 19.5 Å². The van der Waals surface area contributed by atoms with E-state index < -0.39 is 24.1 Å². The lowest BCUT2D eigenvalue weighted by atomic mass is 10.1. The fourth-order valence-electron chi connectivity index (χ4n) is 3.79. The number of esters is 2. The van der Waals surface area contributed by atoms with E-state index in [1.54, 1.807) is 21.1 Å². The Balaban J connectivity index is 4.11. The first-order valence-corrected chi connectivity index (χ1v) is 13.7. The van der Waals surface area contributed by atoms with Crippen LogP contribution in [-0.4, -0.2) is 75.5 Å². The highest BCUT2D eigenvalue weighted by Crippen LogP contribution is 2.11. The van der Waals surface area contributed by atoms with Crippen LogP contribution >= 0.6 is 0 Å². The predicted molar refractivity (Wildman–Crippen MR) is 139 cm³/mol. The van der Waals surface area contributed by atoms with Gasteiger partial charge in [0.15, 0.2) is 6.10 Å². The summed E-state index contributed by atoms with van der Waals surface area (Å²) in [6, 6.07) is -0.717. The lowest BCUT2D eigenvalue weighted by Crippen LogP contribution is -2.55. The van der Waals surface area contributed by atoms with E-state index in [0.717, 1.165) is 32.1 Å². The minimum Gasteiger partial charge on any atom is -0.544 e. The van der Waals surface area contributed by atoms with Gasteiger partial charge in [-0.25, -0.2) is 0 Å². The molecule has 0 fully saturated rings. The van der Waals surface area contributed by atoms with Gasteiger partial charge in [0, 0.05) is 19.8 Å². The van der Waals surface area contributed by atoms with Crippen LogP contribution in [0.4, 0.5) is 0 Å². The van der Waals surface area contributed by atoms with Crippen LogP contribution in [-0.2, 0) is 28.6 Å². The van der Waals surface area contributed by atoms with Crippen molar-refractivity contribution >= 4 is 17.9 Å². The summed E-state index contributed by atoms with van der Waals surface area (Å²) in [7, 11) is 5.33. The van der Waals surface area contributed by atoms with Gasteiger partial charge in [-0.1, -0.05) is 57.6 Å². The predicted octanol–water partition coefficient (Wildman–Crippen LogP) is 3.95. The normalized spacial score (nSPS) is 13.5. The molecule has 0 spiro atoms. The fraction of sp³-hybridized carbons (Fsp3) is 0.821. The summed E-state index contributed by atoms with van der Waals surface area (Å²) in [5.74, 6) is -1.95. The summed E-state index contributed by atoms with van der Waals surface area (Å²) in [6.45, 7) is 3.62. The number of hydrogen-bond donors (Lipinski definition) is 0. The van der Waals surface area contributed by atoms with E-state index >= 15 is 0 Å². The number of likely N-dealkylation sites (N-methyl/N-ethyl adjacent to an activating group) is 1. The summed E-state index contributed by atoms with van der Waals surface area (Å²) >= 11 is 0. The van der Waals surface area contributed by atoms with Crippen LogP contribution in [0.5, 0.6) is 0 Å². The van der Waals surface area contributed by atoms with Crippen molar-refractivity contribution in [2.45, 2.75) is 109 Å². The third kappa shape index (κ3) is 20.3. The molecule has 0 saturated carbocycles. The van der Waals surface area contributed by atoms with E-state index in [4.69, 9.17) is 14.2 Å². The molecule has 0 aromatic heterocycles. The first-order chi connectivity index (χ1) is 17.1. The van der Waals surface area contributed by atoms with Crippen molar-refractivity contribution < 1.29 is 38.2 Å². The van der Waals surface area contributed by atoms with Gasteiger partial charge in [-0.15, -0.1) is 0 Å². The molecule has 0 bridgehead atoms. The Hall–Kier alpha value is -1.93. The molecule has 0 rings (SSSR count). The van der Waals surface area contributed by atoms with Crippen LogP contribution in [0.15, 0.2) is 12.2 Å². The van der Waals surface area contributed by atoms with Gasteiger partial charge in [0.1, 0.15) is 12.6 Å². The number of carboxylic acid groups (broad SMARTS) is 1. The average molecular weight is 514 g/mol. The lowest BCUT2D eigenvalue weighted by Gasteiger charge is -2.34. The maximum absolute atomic E-state index is 12.2. The minimum atomic E-state index is -1.14. The third-order valence-corrected chi connectivity index (χ3v) is 5.96. The second-order valence-corrected chi connectivity index (χ2v) is 10.4. The highest BCUT2D eigenvalue weighted by Gasteiger charge is 2.25. The molecule has 0 aliphatic carbocycles. The molecular weight excluding hydrogens is 462 g/mol. The Bertz CT molecular complexity index is 628. The molecule has 8 heteroatoms. The number of quaternary nitrogens is 1. The molecule has 36 heavy (non-hydrogen) atoms. The van der Waals surface area contributed by atoms with Crippen molar-refractivity contribution in [2.24, 2.45) is 0 Å². The quantitative estimate of drug-likeness (QED) is 0.0882. The molecule has 0 saturated heterocycles. The first-order valence-electron chi connectivity index (χ1n) is 13.7. The number of carbonyl (C=O) groups excluding carboxylic acids is 3. The van der Waals surface area contributed by atoms with Gasteiger partial charge >= 0.3 is 11.9 Å². The van der Waals surface area contributed by atoms with Crippen molar-refractivity contribution in [2.75, 3.05) is 41.0 Å². The van der Waals surface area contributed by atoms with Crippen LogP contribution in [0.25, 0.3) is 0 Å². The molecule has 0 aromatic carbocycles. The molecule has 210 valence electrons. The monoisotopic (exact) mass is 513 g/mol. The van der Waals surface area contributed by atoms with Crippen molar-refractivity contribution in [3.8, 4) is 0 Å². The number of carbonyl (C=O) groups is 3. The van der Waals surface area contributed by atoms with Gasteiger partial charge in [-0.05, 0) is 32.1 Å². The maximum Gasteiger partial charge on any atom is 0.306 e. The molecule has 0 aliphatic heterocycles. The third-order valence-electron chi connectivity index (χ3n) is 5.96. The molecule has 2 unspecified atom stereocenters. The number of unbranched alkanes of at least 4 members (excludes halogenated alkanes) is 9. The Labute approximate surface area is 218 Å². The number of allylic oxidation sites excluding steroid dienone is 2. The second kappa shape index (κ2) is 21.2. The number of ether oxygens (including phenoxy) is 3. The molecule has 2 atom stereocenters. The number of hydrogen-bond acceptors (Lipinski definition) is 7. The fourth-order valence-corrected chi connectivity index (χ4v) is 3.79. The van der Waals surface area contributed by atoms with Crippen molar-refractivity contribution in [3.05, 3.63) is 12.2 Å². The van der Waals surface area contributed by atoms with Crippen molar-refractivity contribution in [3.63, 3.8) is 0 Å². The second-order valence-electron chi connectivity index (χ2n) is 10.4. The summed E-state index contributed by atoms with van der Waals surface area (Å²) in [4.78, 5) is 34.8. The van der Waals surface area contributed by atoms with Gasteiger partial charge in [0.2, 0.25) is 0 Å². The number of carboxylic acids is 1. The minimum absolute atomic E-state index is 0.0298. The molecule has 0 aromatic rings. The summed E-state index contributed by atoms with van der Waals surface area (Å²) in [5, 5.41) is 11.4. The van der Waals surface area contributed by atoms with E-state index in [0.29, 0.717) is 6.42 Å². The number of nitrogens with zero attached hydrogens (tertiary/aromatic N) is 1. The number of aliphatic carboxylic acids is 1. The highest BCUT2D eigenvalue weighted by atomic mass is 16.6. The van der Waals surface area contributed by atoms with E-state index in [1.807, 2.05) is 0 Å². The van der Waals surface area contributed by atoms with Crippen LogP contribution < -0.4 is 5.11 Å². The van der Waals surface area contributed by atoms with E-state index in [2.05, 4.69) is 19.1 Å². The smallest absolute Gasteiger partial charge is 0.306 e. The molecule has 8 nitrogen and oxygen atoms in total. The zero-order chi connectivity index (χ0) is 27.2. The Kier molecular flexibility index (Phi) is 20.0. The standard InChI is InChI=1S/C28H51NO7/c1-6-7-8-9-10-11-12-13-14-15-16-17-18-19-27(31)36-25(23-35-24(2)30)22-34-21-20-26(28(32)33)29(3,4)5/h11-12,25-26H,6-10,13-23H2,1-5H3/b12-11-. The topological polar surface area (TPSA) is 102 Å². The van der Waals surface area contributed by atoms with Crippen LogP contribution in [0.3, 0.4) is 0 Å². The van der Waals surface area contributed by atoms with Gasteiger partial charge in [0.05, 0.1) is 40.3 Å². The zero-order valence-electron chi connectivity index (χ0n) is 23.4. The van der Waals surface area contributed by atoms with Crippen LogP contribution in [0, 0.1) is 0 Å². The maximum atomic E-state index is 12.2. The SMILES string of the molecule is CCCCCC/C=C\CCCCCCCC(=O)OC(COCCC(C(=O)[O-])[N+](C)(C)C)COC(C)=O. The summed E-state index contributed by atoms with van der Waals surface area (Å²) < 4.78 is 16.2. The van der Waals surface area contributed by atoms with E-state index in [-0.39, 0.29) is 36.7 Å². The van der Waals surface area contributed by atoms with Gasteiger partial charge in [-0.2, -0.15) is 0 Å². The molecule has 0 heterocycles. The van der Waals surface area contributed by atoms with Crippen molar-refractivity contribution in [1.82, 2.24) is 0 Å². The van der Waals surface area contributed by atoms with Gasteiger partial charge in [-0.3, -0.25) is 9.59 Å². The largest absolute Gasteiger partial charge is 0.544 e. The average Bonchev–Trinajstić information content (AvgIpc) is 2.78. The van der Waals surface area contributed by atoms with Crippen LogP contribution in [0.1, 0.15) is 97.3 Å².